The van der Waals surface area contributed by atoms with Gasteiger partial charge in [-0.15, -0.1) is 0 Å². The lowest BCUT2D eigenvalue weighted by Crippen LogP contribution is -2.49. The van der Waals surface area contributed by atoms with Gasteiger partial charge in [-0.1, -0.05) is 12.1 Å². The third-order valence-electron chi connectivity index (χ3n) is 5.75. The van der Waals surface area contributed by atoms with Crippen molar-refractivity contribution in [3.63, 3.8) is 0 Å². The van der Waals surface area contributed by atoms with Crippen molar-refractivity contribution in [3.8, 4) is 11.5 Å². The molecule has 38 heavy (non-hydrogen) atoms. The summed E-state index contributed by atoms with van der Waals surface area (Å²) in [6, 6.07) is 11.5. The first-order valence-electron chi connectivity index (χ1n) is 12.0. The quantitative estimate of drug-likeness (QED) is 0.233. The van der Waals surface area contributed by atoms with Crippen LogP contribution in [0, 0.1) is 0 Å². The molecule has 2 N–H and O–H groups in total. The van der Waals surface area contributed by atoms with Gasteiger partial charge in [-0.25, -0.2) is 9.97 Å². The number of aromatic nitrogens is 2. The molecule has 1 aromatic heterocycles. The van der Waals surface area contributed by atoms with Crippen molar-refractivity contribution in [2.45, 2.75) is 12.1 Å². The molecule has 1 aliphatic heterocycles. The number of nitrogens with one attached hydrogen (secondary N) is 2. The second-order valence-electron chi connectivity index (χ2n) is 8.39. The van der Waals surface area contributed by atoms with Crippen LogP contribution in [0.5, 0.6) is 11.5 Å². The van der Waals surface area contributed by atoms with Crippen LogP contribution in [0.3, 0.4) is 0 Å². The van der Waals surface area contributed by atoms with E-state index in [9.17, 15) is 0 Å². The topological polar surface area (TPSA) is 124 Å². The Bertz CT molecular complexity index is 1250. The van der Waals surface area contributed by atoms with E-state index in [1.54, 1.807) is 0 Å². The summed E-state index contributed by atoms with van der Waals surface area (Å²) in [5.41, 5.74) is 3.41. The molecule has 2 aromatic carbocycles. The van der Waals surface area contributed by atoms with Gasteiger partial charge in [0.15, 0.2) is 38.7 Å². The van der Waals surface area contributed by atoms with Gasteiger partial charge in [0.05, 0.1) is 45.2 Å². The molecule has 3 aromatic rings. The molecule has 0 fully saturated rings. The number of hydrogen-bond acceptors (Lipinski definition) is 12. The van der Waals surface area contributed by atoms with Gasteiger partial charge in [-0.2, -0.15) is 0 Å². The van der Waals surface area contributed by atoms with Gasteiger partial charge < -0.3 is 48.5 Å². The highest BCUT2D eigenvalue weighted by atomic mass is 16.8. The molecule has 12 nitrogen and oxygen atoms in total. The van der Waals surface area contributed by atoms with Crippen LogP contribution in [0.15, 0.2) is 36.4 Å². The summed E-state index contributed by atoms with van der Waals surface area (Å²) in [5, 5.41) is 8.82. The molecular formula is C26H30N4O8. The Labute approximate surface area is 219 Å². The highest BCUT2D eigenvalue weighted by Crippen LogP contribution is 2.40. The summed E-state index contributed by atoms with van der Waals surface area (Å²) in [6.07, 6.45) is 4.18. The number of nitrogens with zero attached hydrogens (tertiary/aromatic N) is 2. The average molecular weight is 527 g/mol. The Morgan fingerprint density at radius 1 is 0.632 bits per heavy atom. The smallest absolute Gasteiger partial charge is 0.191 e. The van der Waals surface area contributed by atoms with Gasteiger partial charge in [-0.3, -0.25) is 0 Å². The fourth-order valence-corrected chi connectivity index (χ4v) is 4.10. The zero-order valence-corrected chi connectivity index (χ0v) is 21.2. The van der Waals surface area contributed by atoms with Crippen LogP contribution in [-0.4, -0.2) is 77.0 Å². The van der Waals surface area contributed by atoms with Gasteiger partial charge in [0.2, 0.25) is 0 Å². The molecule has 2 aliphatic rings. The van der Waals surface area contributed by atoms with E-state index < -0.39 is 0 Å². The number of methoxy groups -OCH3 is 2. The Morgan fingerprint density at radius 3 is 1.53 bits per heavy atom. The number of fused-ring (bicyclic) bond motifs is 4. The highest BCUT2D eigenvalue weighted by Gasteiger charge is 2.28. The molecule has 5 rings (SSSR count). The number of ether oxygens (including phenoxy) is 8. The normalized spacial score (nSPS) is 17.2. The SMILES string of the molecule is COCOCOCOc1cc2c(cc1OCOCOCOC)NC1C=c3nc4ccccc4nc3=CC1N2. The van der Waals surface area contributed by atoms with Gasteiger partial charge >= 0.3 is 0 Å². The van der Waals surface area contributed by atoms with Crippen molar-refractivity contribution < 1.29 is 37.9 Å². The maximum atomic E-state index is 5.84. The molecular weight excluding hydrogens is 496 g/mol. The van der Waals surface area contributed by atoms with Gasteiger partial charge in [-0.05, 0) is 24.3 Å². The number of benzene rings is 2. The van der Waals surface area contributed by atoms with E-state index in [4.69, 9.17) is 47.9 Å². The van der Waals surface area contributed by atoms with Crippen molar-refractivity contribution in [1.82, 2.24) is 9.97 Å². The Balaban J connectivity index is 1.33. The zero-order valence-electron chi connectivity index (χ0n) is 21.2. The molecule has 2 unspecified atom stereocenters. The molecule has 0 bridgehead atoms. The average Bonchev–Trinajstić information content (AvgIpc) is 2.93. The van der Waals surface area contributed by atoms with Crippen molar-refractivity contribution in [2.24, 2.45) is 0 Å². The minimum Gasteiger partial charge on any atom is -0.463 e. The first kappa shape index (κ1) is 26.1. The van der Waals surface area contributed by atoms with Crippen molar-refractivity contribution in [3.05, 3.63) is 47.1 Å². The summed E-state index contributed by atoms with van der Waals surface area (Å²) in [7, 11) is 3.08. The molecule has 202 valence electrons. The van der Waals surface area contributed by atoms with Crippen LogP contribution in [0.2, 0.25) is 0 Å². The van der Waals surface area contributed by atoms with E-state index in [-0.39, 0.29) is 52.8 Å². The summed E-state index contributed by atoms with van der Waals surface area (Å²) in [6.45, 7) is 0.213. The molecule has 0 radical (unpaired) electrons. The first-order valence-corrected chi connectivity index (χ1v) is 12.0. The molecule has 0 amide bonds. The van der Waals surface area contributed by atoms with Crippen molar-refractivity contribution >= 4 is 34.6 Å². The van der Waals surface area contributed by atoms with Crippen molar-refractivity contribution in [1.29, 1.82) is 0 Å². The minimum absolute atomic E-state index is 0.0262. The molecule has 2 heterocycles. The highest BCUT2D eigenvalue weighted by molar-refractivity contribution is 5.81. The summed E-state index contributed by atoms with van der Waals surface area (Å²) in [4.78, 5) is 9.59. The second kappa shape index (κ2) is 12.8. The first-order chi connectivity index (χ1) is 18.7. The van der Waals surface area contributed by atoms with E-state index in [1.807, 2.05) is 36.4 Å². The third kappa shape index (κ3) is 6.30. The molecule has 0 saturated heterocycles. The summed E-state index contributed by atoms with van der Waals surface area (Å²) >= 11 is 0. The van der Waals surface area contributed by atoms with Crippen LogP contribution in [-0.2, 0) is 28.4 Å². The van der Waals surface area contributed by atoms with Crippen LogP contribution in [0.25, 0.3) is 23.2 Å². The summed E-state index contributed by atoms with van der Waals surface area (Å²) in [5.74, 6) is 0.936. The molecule has 0 spiro atoms. The van der Waals surface area contributed by atoms with E-state index in [2.05, 4.69) is 22.8 Å². The Morgan fingerprint density at radius 2 is 1.08 bits per heavy atom. The number of anilines is 2. The Kier molecular flexibility index (Phi) is 8.81. The zero-order chi connectivity index (χ0) is 26.2. The van der Waals surface area contributed by atoms with E-state index in [0.717, 1.165) is 33.1 Å². The number of rotatable bonds is 14. The van der Waals surface area contributed by atoms with Crippen LogP contribution >= 0.6 is 0 Å². The number of para-hydroxylation sites is 2. The van der Waals surface area contributed by atoms with E-state index in [0.29, 0.717) is 11.5 Å². The monoisotopic (exact) mass is 526 g/mol. The largest absolute Gasteiger partial charge is 0.463 e. The Hall–Kier alpha value is -3.52. The fourth-order valence-electron chi connectivity index (χ4n) is 4.10. The lowest BCUT2D eigenvalue weighted by atomic mass is 9.98. The maximum absolute atomic E-state index is 5.84. The summed E-state index contributed by atoms with van der Waals surface area (Å²) < 4.78 is 42.3. The maximum Gasteiger partial charge on any atom is 0.191 e. The van der Waals surface area contributed by atoms with E-state index >= 15 is 0 Å². The van der Waals surface area contributed by atoms with E-state index in [1.165, 1.54) is 14.2 Å². The van der Waals surface area contributed by atoms with Crippen molar-refractivity contribution in [2.75, 3.05) is 65.6 Å². The minimum atomic E-state index is -0.0495. The van der Waals surface area contributed by atoms with Crippen LogP contribution in [0.4, 0.5) is 11.4 Å². The predicted molar refractivity (Wildman–Crippen MR) is 138 cm³/mol. The lowest BCUT2D eigenvalue weighted by molar-refractivity contribution is -0.148. The molecule has 12 heteroatoms. The predicted octanol–water partition coefficient (Wildman–Crippen LogP) is 1.34. The standard InChI is InChI=1S/C26H30N4O8/c1-31-11-33-13-35-15-37-25-9-23-24(10-26(25)38-16-36-14-34-12-32-2)30-22-8-20-19(7-21(22)29-23)27-17-5-3-4-6-18(17)28-20/h3-10,21-22,29-30H,11-16H2,1-2H3. The molecule has 1 aliphatic carbocycles. The van der Waals surface area contributed by atoms with Gasteiger partial charge in [0, 0.05) is 26.4 Å². The fraction of sp³-hybridized carbons (Fsp3) is 0.385. The molecule has 2 atom stereocenters. The second-order valence-corrected chi connectivity index (χ2v) is 8.39. The third-order valence-corrected chi connectivity index (χ3v) is 5.75. The van der Waals surface area contributed by atoms with Crippen LogP contribution < -0.4 is 30.8 Å². The number of hydrogen-bond donors (Lipinski definition) is 2. The van der Waals surface area contributed by atoms with Crippen LogP contribution in [0.1, 0.15) is 0 Å². The van der Waals surface area contributed by atoms with Gasteiger partial charge in [0.1, 0.15) is 13.6 Å². The van der Waals surface area contributed by atoms with Gasteiger partial charge in [0.25, 0.3) is 0 Å². The lowest BCUT2D eigenvalue weighted by Gasteiger charge is -2.34. The molecule has 0 saturated carbocycles.